The third kappa shape index (κ3) is 5.80. The van der Waals surface area contributed by atoms with Crippen LogP contribution >= 0.6 is 11.6 Å². The van der Waals surface area contributed by atoms with Crippen LogP contribution in [0.4, 0.5) is 33.7 Å². The summed E-state index contributed by atoms with van der Waals surface area (Å²) in [7, 11) is 0. The number of anilines is 2. The number of rotatable bonds is 5. The molecule has 4 N–H and O–H groups in total. The zero-order valence-corrected chi connectivity index (χ0v) is 17.0. The molecule has 3 amide bonds. The fourth-order valence-electron chi connectivity index (χ4n) is 2.61. The quantitative estimate of drug-likeness (QED) is 0.277. The molecule has 13 heteroatoms. The Morgan fingerprint density at radius 3 is 2.36 bits per heavy atom. The van der Waals surface area contributed by atoms with Crippen molar-refractivity contribution in [1.82, 2.24) is 0 Å². The number of halogens is 5. The summed E-state index contributed by atoms with van der Waals surface area (Å²) in [4.78, 5) is 23.3. The number of carbonyl (C=O) groups excluding carboxylic acids is 2. The lowest BCUT2D eigenvalue weighted by Crippen LogP contribution is -2.36. The first kappa shape index (κ1) is 23.6. The average molecular weight is 485 g/mol. The van der Waals surface area contributed by atoms with Crippen LogP contribution in [0.5, 0.6) is 11.5 Å². The number of primary amides is 1. The molecule has 0 aliphatic rings. The van der Waals surface area contributed by atoms with Gasteiger partial charge in [0.1, 0.15) is 17.3 Å². The maximum absolute atomic E-state index is 14.4. The lowest BCUT2D eigenvalue weighted by atomic mass is 10.2. The van der Waals surface area contributed by atoms with Gasteiger partial charge in [-0.25, -0.2) is 9.18 Å². The Bertz CT molecular complexity index is 1240. The summed E-state index contributed by atoms with van der Waals surface area (Å²) in [6, 6.07) is 7.34. The Labute approximate surface area is 188 Å². The average Bonchev–Trinajstić information content (AvgIpc) is 2.72. The highest BCUT2D eigenvalue weighted by atomic mass is 35.5. The smallest absolute Gasteiger partial charge is 0.417 e. The molecule has 0 aliphatic heterocycles. The number of urea groups is 1. The molecule has 33 heavy (non-hydrogen) atoms. The second kappa shape index (κ2) is 9.20. The summed E-state index contributed by atoms with van der Waals surface area (Å²) in [5.74, 6) is -1.93. The van der Waals surface area contributed by atoms with Gasteiger partial charge in [0, 0.05) is 17.8 Å². The van der Waals surface area contributed by atoms with Crippen molar-refractivity contribution in [1.29, 1.82) is 0 Å². The van der Waals surface area contributed by atoms with Crippen molar-refractivity contribution < 1.29 is 36.6 Å². The summed E-state index contributed by atoms with van der Waals surface area (Å²) in [6.45, 7) is 0. The van der Waals surface area contributed by atoms with E-state index in [4.69, 9.17) is 22.1 Å². The Morgan fingerprint density at radius 2 is 1.73 bits per heavy atom. The van der Waals surface area contributed by atoms with Crippen LogP contribution in [0.1, 0.15) is 16.1 Å². The van der Waals surface area contributed by atoms with Gasteiger partial charge in [0.15, 0.2) is 6.20 Å². The van der Waals surface area contributed by atoms with Crippen LogP contribution in [0.2, 0.25) is 5.02 Å². The summed E-state index contributed by atoms with van der Waals surface area (Å²) in [6.07, 6.45) is -3.74. The van der Waals surface area contributed by atoms with Gasteiger partial charge in [-0.05, 0) is 30.3 Å². The molecule has 0 saturated carbocycles. The Morgan fingerprint density at radius 1 is 1.03 bits per heavy atom. The molecule has 0 spiro atoms. The van der Waals surface area contributed by atoms with Gasteiger partial charge in [-0.2, -0.15) is 17.9 Å². The Hall–Kier alpha value is -4.06. The van der Waals surface area contributed by atoms with E-state index in [1.165, 1.54) is 12.1 Å². The number of ether oxygens (including phenoxy) is 1. The molecule has 0 radical (unpaired) electrons. The number of nitrogens with zero attached hydrogens (tertiary/aromatic N) is 1. The molecule has 1 heterocycles. The molecule has 0 aliphatic carbocycles. The summed E-state index contributed by atoms with van der Waals surface area (Å²) >= 11 is 5.52. The second-order valence-corrected chi connectivity index (χ2v) is 6.86. The number of alkyl halides is 3. The van der Waals surface area contributed by atoms with E-state index in [0.29, 0.717) is 6.07 Å². The molecule has 3 aromatic rings. The van der Waals surface area contributed by atoms with E-state index in [-0.39, 0.29) is 33.3 Å². The van der Waals surface area contributed by atoms with Crippen LogP contribution in [-0.2, 0) is 6.18 Å². The predicted molar refractivity (Wildman–Crippen MR) is 109 cm³/mol. The number of carbonyl (C=O) groups is 2. The van der Waals surface area contributed by atoms with Gasteiger partial charge in [0.25, 0.3) is 5.69 Å². The Balaban J connectivity index is 1.70. The predicted octanol–water partition coefficient (Wildman–Crippen LogP) is 4.67. The molecule has 0 saturated heterocycles. The van der Waals surface area contributed by atoms with Crippen LogP contribution in [0.25, 0.3) is 0 Å². The zero-order valence-electron chi connectivity index (χ0n) is 16.2. The summed E-state index contributed by atoms with van der Waals surface area (Å²) in [5, 5.41) is 15.2. The number of pyridine rings is 1. The van der Waals surface area contributed by atoms with Crippen molar-refractivity contribution in [3.05, 3.63) is 82.0 Å². The molecule has 0 bridgehead atoms. The maximum Gasteiger partial charge on any atom is 0.417 e. The first-order valence-corrected chi connectivity index (χ1v) is 9.27. The molecule has 0 unspecified atom stereocenters. The van der Waals surface area contributed by atoms with Gasteiger partial charge in [0.2, 0.25) is 0 Å². The van der Waals surface area contributed by atoms with E-state index in [9.17, 15) is 32.4 Å². The normalized spacial score (nSPS) is 11.1. The summed E-state index contributed by atoms with van der Waals surface area (Å²) < 4.78 is 58.8. The van der Waals surface area contributed by atoms with Crippen molar-refractivity contribution in [3.8, 4) is 11.5 Å². The first-order valence-electron chi connectivity index (χ1n) is 8.89. The monoisotopic (exact) mass is 484 g/mol. The SMILES string of the molecule is NC(=O)c1cc(Oc2ccc(NC(=O)Nc3ccc(Cl)c(C(F)(F)F)c3)c(F)c2)cc[n+]1[O-]. The lowest BCUT2D eigenvalue weighted by molar-refractivity contribution is -0.607. The van der Waals surface area contributed by atoms with Crippen molar-refractivity contribution in [2.24, 2.45) is 5.73 Å². The van der Waals surface area contributed by atoms with Crippen LogP contribution in [0.3, 0.4) is 0 Å². The molecule has 1 aromatic heterocycles. The van der Waals surface area contributed by atoms with E-state index in [2.05, 4.69) is 10.6 Å². The van der Waals surface area contributed by atoms with Gasteiger partial charge in [0.05, 0.1) is 22.3 Å². The fourth-order valence-corrected chi connectivity index (χ4v) is 2.84. The van der Waals surface area contributed by atoms with E-state index in [0.717, 1.165) is 36.5 Å². The molecule has 172 valence electrons. The first-order chi connectivity index (χ1) is 15.4. The highest BCUT2D eigenvalue weighted by Gasteiger charge is 2.33. The van der Waals surface area contributed by atoms with Crippen molar-refractivity contribution >= 4 is 34.9 Å². The second-order valence-electron chi connectivity index (χ2n) is 6.45. The lowest BCUT2D eigenvalue weighted by Gasteiger charge is -2.13. The van der Waals surface area contributed by atoms with Gasteiger partial charge in [-0.15, -0.1) is 0 Å². The molecular weight excluding hydrogens is 472 g/mol. The highest BCUT2D eigenvalue weighted by Crippen LogP contribution is 2.36. The molecule has 2 aromatic carbocycles. The van der Waals surface area contributed by atoms with Gasteiger partial charge in [-0.1, -0.05) is 11.6 Å². The van der Waals surface area contributed by atoms with E-state index in [1.807, 2.05) is 0 Å². The minimum Gasteiger partial charge on any atom is -0.618 e. The molecule has 3 rings (SSSR count). The number of nitrogens with one attached hydrogen (secondary N) is 2. The van der Waals surface area contributed by atoms with Gasteiger partial charge < -0.3 is 26.3 Å². The number of hydrogen-bond donors (Lipinski definition) is 3. The van der Waals surface area contributed by atoms with Crippen LogP contribution in [0, 0.1) is 11.0 Å². The highest BCUT2D eigenvalue weighted by molar-refractivity contribution is 6.31. The molecule has 0 atom stereocenters. The zero-order chi connectivity index (χ0) is 24.3. The standard InChI is InChI=1S/C20H13ClF4N4O4/c21-14-3-1-10(7-13(14)20(23,24)25)27-19(31)28-16-4-2-11(8-15(16)22)33-12-5-6-29(32)17(9-12)18(26)30/h1-9H,(H2,26,30)(H2,27,28,31). The number of aromatic nitrogens is 1. The molecular formula is C20H13ClF4N4O4. The van der Waals surface area contributed by atoms with E-state index >= 15 is 0 Å². The number of amides is 3. The number of nitrogens with two attached hydrogens (primary N) is 1. The minimum atomic E-state index is -4.72. The van der Waals surface area contributed by atoms with Crippen molar-refractivity contribution in [2.45, 2.75) is 6.18 Å². The molecule has 8 nitrogen and oxygen atoms in total. The minimum absolute atomic E-state index is 0.0250. The van der Waals surface area contributed by atoms with Crippen molar-refractivity contribution in [2.75, 3.05) is 10.6 Å². The number of benzene rings is 2. The third-order valence-corrected chi connectivity index (χ3v) is 4.43. The van der Waals surface area contributed by atoms with Crippen molar-refractivity contribution in [3.63, 3.8) is 0 Å². The van der Waals surface area contributed by atoms with Gasteiger partial charge >= 0.3 is 18.1 Å². The fraction of sp³-hybridized carbons (Fsp3) is 0.0500. The van der Waals surface area contributed by atoms with E-state index < -0.39 is 34.5 Å². The topological polar surface area (TPSA) is 120 Å². The van der Waals surface area contributed by atoms with Gasteiger partial charge in [-0.3, -0.25) is 4.79 Å². The van der Waals surface area contributed by atoms with Crippen LogP contribution in [-0.4, -0.2) is 11.9 Å². The number of hydrogen-bond acceptors (Lipinski definition) is 4. The largest absolute Gasteiger partial charge is 0.618 e. The van der Waals surface area contributed by atoms with Crippen LogP contribution < -0.4 is 25.8 Å². The maximum atomic E-state index is 14.4. The third-order valence-electron chi connectivity index (χ3n) is 4.10. The Kier molecular flexibility index (Phi) is 6.58. The van der Waals surface area contributed by atoms with Crippen LogP contribution in [0.15, 0.2) is 54.7 Å². The molecule has 0 fully saturated rings. The summed E-state index contributed by atoms with van der Waals surface area (Å²) in [5.41, 5.74) is 3.03. The van der Waals surface area contributed by atoms with E-state index in [1.54, 1.807) is 0 Å².